The Morgan fingerprint density at radius 3 is 1.87 bits per heavy atom. The molecule has 0 aliphatic heterocycles. The van der Waals surface area contributed by atoms with Crippen LogP contribution in [0.1, 0.15) is 38.3 Å². The van der Waals surface area contributed by atoms with Gasteiger partial charge in [-0.2, -0.15) is 0 Å². The molecular formula is C49H38N4. The second kappa shape index (κ2) is 11.1. The lowest BCUT2D eigenvalue weighted by molar-refractivity contribution is 0.667. The maximum absolute atomic E-state index is 5.13. The van der Waals surface area contributed by atoms with Crippen molar-refractivity contribution in [1.29, 1.82) is 0 Å². The van der Waals surface area contributed by atoms with E-state index in [1.54, 1.807) is 0 Å². The van der Waals surface area contributed by atoms with E-state index >= 15 is 0 Å². The highest BCUT2D eigenvalue weighted by molar-refractivity contribution is 6.31. The predicted octanol–water partition coefficient (Wildman–Crippen LogP) is 12.6. The molecule has 0 radical (unpaired) electrons. The molecule has 0 amide bonds. The molecule has 7 aromatic carbocycles. The van der Waals surface area contributed by atoms with Crippen LogP contribution in [0.25, 0.3) is 88.5 Å². The highest BCUT2D eigenvalue weighted by Crippen LogP contribution is 2.58. The molecule has 0 saturated heterocycles. The lowest BCUT2D eigenvalue weighted by atomic mass is 9.80. The molecule has 4 nitrogen and oxygen atoms in total. The topological polar surface area (TPSA) is 27.7 Å². The lowest BCUT2D eigenvalue weighted by Crippen LogP contribution is -2.15. The van der Waals surface area contributed by atoms with E-state index < -0.39 is 0 Å². The molecule has 0 spiro atoms. The Bertz CT molecular complexity index is 3080. The summed E-state index contributed by atoms with van der Waals surface area (Å²) in [6, 6.07) is 55.6. The van der Waals surface area contributed by atoms with E-state index in [1.807, 2.05) is 0 Å². The molecular weight excluding hydrogens is 645 g/mol. The predicted molar refractivity (Wildman–Crippen MR) is 222 cm³/mol. The van der Waals surface area contributed by atoms with Gasteiger partial charge < -0.3 is 13.7 Å². The molecule has 11 rings (SSSR count). The first-order valence-corrected chi connectivity index (χ1v) is 18.8. The van der Waals surface area contributed by atoms with Gasteiger partial charge in [-0.25, -0.2) is 4.98 Å². The first-order chi connectivity index (χ1) is 26.1. The summed E-state index contributed by atoms with van der Waals surface area (Å²) < 4.78 is 7.42. The highest BCUT2D eigenvalue weighted by Gasteiger charge is 2.41. The number of benzene rings is 7. The summed E-state index contributed by atoms with van der Waals surface area (Å²) in [6.45, 7) is 8.00. The average Bonchev–Trinajstić information content (AvgIpc) is 3.91. The number of fused-ring (bicyclic) bond motifs is 13. The molecule has 0 bridgehead atoms. The van der Waals surface area contributed by atoms with Gasteiger partial charge in [0, 0.05) is 56.0 Å². The number of hydrogen-bond acceptors (Lipinski definition) is 1. The zero-order chi connectivity index (χ0) is 35.4. The summed E-state index contributed by atoms with van der Waals surface area (Å²) in [5.74, 6) is 1.02. The standard InChI is InChI=1S/C49H38N4/c1-4-30-51-41-25-15-12-22-38(41)50-48(51)31-26-28-33(29-27-31)53-40-24-14-10-20-36(40)44-46(53)42-34-18-8-11-21-37(34)49(2,3)45(42)43-35-19-9-13-23-39(35)52(47(43)44)32-16-6-5-7-17-32/h5-29H,4,30H2,1-3H3. The van der Waals surface area contributed by atoms with Crippen LogP contribution in [0, 0.1) is 0 Å². The first-order valence-electron chi connectivity index (χ1n) is 18.8. The number of nitrogens with zero attached hydrogens (tertiary/aromatic N) is 4. The van der Waals surface area contributed by atoms with E-state index in [4.69, 9.17) is 4.98 Å². The second-order valence-electron chi connectivity index (χ2n) is 15.0. The van der Waals surface area contributed by atoms with E-state index in [0.717, 1.165) is 35.6 Å². The van der Waals surface area contributed by atoms with Gasteiger partial charge in [0.1, 0.15) is 5.82 Å². The van der Waals surface area contributed by atoms with Crippen molar-refractivity contribution in [3.8, 4) is 33.9 Å². The summed E-state index contributed by atoms with van der Waals surface area (Å²) in [6.07, 6.45) is 1.05. The zero-order valence-corrected chi connectivity index (χ0v) is 30.1. The molecule has 10 aromatic rings. The van der Waals surface area contributed by atoms with Gasteiger partial charge in [0.2, 0.25) is 0 Å². The van der Waals surface area contributed by atoms with Crippen LogP contribution in [0.5, 0.6) is 0 Å². The van der Waals surface area contributed by atoms with Gasteiger partial charge in [0.25, 0.3) is 0 Å². The summed E-state index contributed by atoms with van der Waals surface area (Å²) in [5, 5.41) is 5.18. The first kappa shape index (κ1) is 30.3. The summed E-state index contributed by atoms with van der Waals surface area (Å²) in [4.78, 5) is 5.13. The van der Waals surface area contributed by atoms with Crippen LogP contribution in [-0.2, 0) is 12.0 Å². The number of para-hydroxylation sites is 5. The Labute approximate surface area is 308 Å². The molecule has 1 aliphatic carbocycles. The lowest BCUT2D eigenvalue weighted by Gasteiger charge is -2.23. The third-order valence-electron chi connectivity index (χ3n) is 11.7. The van der Waals surface area contributed by atoms with E-state index in [0.29, 0.717) is 0 Å². The molecule has 4 heteroatoms. The van der Waals surface area contributed by atoms with Crippen LogP contribution < -0.4 is 0 Å². The molecule has 0 saturated carbocycles. The Balaban J connectivity index is 1.30. The summed E-state index contributed by atoms with van der Waals surface area (Å²) in [5.41, 5.74) is 15.9. The van der Waals surface area contributed by atoms with E-state index in [2.05, 4.69) is 186 Å². The fourth-order valence-corrected chi connectivity index (χ4v) is 9.58. The van der Waals surface area contributed by atoms with E-state index in [9.17, 15) is 0 Å². The van der Waals surface area contributed by atoms with Gasteiger partial charge in [-0.15, -0.1) is 0 Å². The Kier molecular flexibility index (Phi) is 6.31. The van der Waals surface area contributed by atoms with Gasteiger partial charge in [-0.05, 0) is 83.8 Å². The van der Waals surface area contributed by atoms with Crippen molar-refractivity contribution in [2.75, 3.05) is 0 Å². The van der Waals surface area contributed by atoms with Crippen LogP contribution >= 0.6 is 0 Å². The third-order valence-corrected chi connectivity index (χ3v) is 11.7. The van der Waals surface area contributed by atoms with Gasteiger partial charge in [0.05, 0.1) is 33.1 Å². The van der Waals surface area contributed by atoms with Crippen molar-refractivity contribution >= 4 is 54.6 Å². The van der Waals surface area contributed by atoms with Gasteiger partial charge in [-0.3, -0.25) is 0 Å². The van der Waals surface area contributed by atoms with Crippen molar-refractivity contribution in [1.82, 2.24) is 18.7 Å². The van der Waals surface area contributed by atoms with Gasteiger partial charge >= 0.3 is 0 Å². The Hall–Kier alpha value is -6.39. The molecule has 0 atom stereocenters. The molecule has 53 heavy (non-hydrogen) atoms. The highest BCUT2D eigenvalue weighted by atomic mass is 15.1. The minimum absolute atomic E-state index is 0.215. The second-order valence-corrected chi connectivity index (χ2v) is 15.0. The molecule has 254 valence electrons. The van der Waals surface area contributed by atoms with Gasteiger partial charge in [0.15, 0.2) is 0 Å². The van der Waals surface area contributed by atoms with Crippen LogP contribution in [0.3, 0.4) is 0 Å². The zero-order valence-electron chi connectivity index (χ0n) is 30.1. The average molecular weight is 683 g/mol. The fraction of sp³-hybridized carbons (Fsp3) is 0.122. The van der Waals surface area contributed by atoms with Gasteiger partial charge in [-0.1, -0.05) is 112 Å². The monoisotopic (exact) mass is 682 g/mol. The van der Waals surface area contributed by atoms with E-state index in [-0.39, 0.29) is 5.41 Å². The molecule has 0 N–H and O–H groups in total. The smallest absolute Gasteiger partial charge is 0.141 e. The summed E-state index contributed by atoms with van der Waals surface area (Å²) in [7, 11) is 0. The van der Waals surface area contributed by atoms with Crippen molar-refractivity contribution in [3.63, 3.8) is 0 Å². The van der Waals surface area contributed by atoms with E-state index in [1.165, 1.54) is 77.1 Å². The maximum atomic E-state index is 5.13. The molecule has 0 unspecified atom stereocenters. The quantitative estimate of drug-likeness (QED) is 0.178. The third kappa shape index (κ3) is 4.04. The molecule has 3 aromatic heterocycles. The number of aromatic nitrogens is 4. The van der Waals surface area contributed by atoms with Crippen LogP contribution in [0.2, 0.25) is 0 Å². The number of aryl methyl sites for hydroxylation is 1. The normalized spacial score (nSPS) is 13.5. The number of hydrogen-bond donors (Lipinski definition) is 0. The number of imidazole rings is 1. The van der Waals surface area contributed by atoms with Crippen molar-refractivity contribution in [3.05, 3.63) is 163 Å². The fourth-order valence-electron chi connectivity index (χ4n) is 9.58. The van der Waals surface area contributed by atoms with Crippen LogP contribution in [0.15, 0.2) is 152 Å². The molecule has 3 heterocycles. The molecule has 1 aliphatic rings. The maximum Gasteiger partial charge on any atom is 0.141 e. The largest absolute Gasteiger partial charge is 0.324 e. The minimum atomic E-state index is -0.215. The SMILES string of the molecule is CCCn1c(-c2ccc(-n3c4ccccc4c4c3c3c(c5c6ccccc6n(-c6ccccc6)c54)C(C)(C)c4ccccc4-3)cc2)nc2ccccc21. The van der Waals surface area contributed by atoms with Crippen LogP contribution in [-0.4, -0.2) is 18.7 Å². The molecule has 0 fully saturated rings. The van der Waals surface area contributed by atoms with Crippen molar-refractivity contribution in [2.24, 2.45) is 0 Å². The minimum Gasteiger partial charge on any atom is -0.324 e. The van der Waals surface area contributed by atoms with Crippen molar-refractivity contribution < 1.29 is 0 Å². The van der Waals surface area contributed by atoms with Crippen LogP contribution in [0.4, 0.5) is 0 Å². The Morgan fingerprint density at radius 1 is 0.547 bits per heavy atom. The van der Waals surface area contributed by atoms with Crippen molar-refractivity contribution in [2.45, 2.75) is 39.2 Å². The number of rotatable bonds is 5. The Morgan fingerprint density at radius 2 is 1.13 bits per heavy atom. The summed E-state index contributed by atoms with van der Waals surface area (Å²) >= 11 is 0.